The zero-order valence-electron chi connectivity index (χ0n) is 60.4. The van der Waals surface area contributed by atoms with Crippen LogP contribution in [-0.2, 0) is 137 Å². The Balaban J connectivity index is 0.000000222. The molecule has 6 saturated heterocycles. The second-order valence-electron chi connectivity index (χ2n) is 26.0. The molecule has 0 aliphatic carbocycles. The molecule has 6 fully saturated rings. The minimum absolute atomic E-state index is 0.0148. The Kier molecular flexibility index (Phi) is 39.9. The van der Waals surface area contributed by atoms with Gasteiger partial charge in [0.2, 0.25) is 0 Å². The van der Waals surface area contributed by atoms with Crippen LogP contribution in [0.1, 0.15) is 161 Å². The summed E-state index contributed by atoms with van der Waals surface area (Å²) in [6.45, 7) is 28.3. The minimum Gasteiger partial charge on any atom is -0.444 e. The summed E-state index contributed by atoms with van der Waals surface area (Å²) >= 11 is 11.3. The molecule has 0 spiro atoms. The third kappa shape index (κ3) is 24.5. The van der Waals surface area contributed by atoms with E-state index in [0.717, 1.165) is 136 Å². The molecule has 15 heterocycles. The number of hydrogen-bond acceptors (Lipinski definition) is 28. The van der Waals surface area contributed by atoms with Crippen molar-refractivity contribution in [1.29, 1.82) is 0 Å². The summed E-state index contributed by atoms with van der Waals surface area (Å²) in [5.41, 5.74) is 10.8. The SMILES string of the molecule is CC(C)(C)OC(=O)N[C@H]1COC[C@@H]1O.CCc1c(I)nn([C@H]2COC[C@H]2C)c1CC.CCc1c(I)nn2c1C(=O)N[C@@H]1COC[C@@H]12.CCc1c(I)nn2c1CC[C@@H]1COC[C@@H]12.CCc1c(I)nn2c1CN[C@@H]1COC[C@@H]12.O=C=O.O=C=O.O=C=O.O=C=O.O=C=O.O=COc1c(I)nn2c1CC[C@@H]1COC[C@@H]12. The van der Waals surface area contributed by atoms with Gasteiger partial charge in [-0.05, 0) is 192 Å². The molecule has 35 nitrogen and oxygen atoms in total. The zero-order valence-corrected chi connectivity index (χ0v) is 71.2. The van der Waals surface area contributed by atoms with Crippen molar-refractivity contribution in [3.8, 4) is 5.75 Å². The summed E-state index contributed by atoms with van der Waals surface area (Å²) in [6.07, 6.45) is 9.67. The van der Waals surface area contributed by atoms with E-state index in [1.165, 1.54) is 50.3 Å². The molecule has 0 aromatic carbocycles. The van der Waals surface area contributed by atoms with Crippen LogP contribution >= 0.6 is 113 Å². The van der Waals surface area contributed by atoms with Crippen molar-refractivity contribution >= 4 is 162 Å². The monoisotopic (exact) mass is 2060 g/mol. The summed E-state index contributed by atoms with van der Waals surface area (Å²) in [6, 6.07) is 2.03. The molecule has 40 heteroatoms. The largest absolute Gasteiger partial charge is 0.444 e. The first kappa shape index (κ1) is 92.1. The van der Waals surface area contributed by atoms with Gasteiger partial charge in [0.25, 0.3) is 12.4 Å². The lowest BCUT2D eigenvalue weighted by atomic mass is 9.92. The summed E-state index contributed by atoms with van der Waals surface area (Å²) in [5, 5.41) is 41.4. The fourth-order valence-corrected chi connectivity index (χ4v) is 18.1. The lowest BCUT2D eigenvalue weighted by Gasteiger charge is -2.27. The number of aliphatic hydroxyl groups excluding tert-OH is 1. The van der Waals surface area contributed by atoms with Crippen LogP contribution in [0.2, 0.25) is 0 Å². The molecule has 5 aromatic rings. The molecular formula is C67H88I5N13O22. The number of carbonyl (C=O) groups is 3. The van der Waals surface area contributed by atoms with Crippen molar-refractivity contribution in [2.24, 2.45) is 17.8 Å². The number of aromatic nitrogens is 10. The van der Waals surface area contributed by atoms with Gasteiger partial charge in [0.1, 0.15) is 26.1 Å². The average molecular weight is 2060 g/mol. The molecule has 12 atom stereocenters. The summed E-state index contributed by atoms with van der Waals surface area (Å²) in [7, 11) is 0. The number of fused-ring (bicyclic) bond motifs is 12. The quantitative estimate of drug-likeness (QED) is 0.107. The van der Waals surface area contributed by atoms with Crippen LogP contribution in [0.25, 0.3) is 0 Å². The first-order valence-electron chi connectivity index (χ1n) is 34.4. The fourth-order valence-electron chi connectivity index (χ4n) is 13.8. The third-order valence-corrected chi connectivity index (χ3v) is 22.8. The van der Waals surface area contributed by atoms with Gasteiger partial charge in [-0.3, -0.25) is 33.0 Å². The number of hydrogen-bond donors (Lipinski definition) is 4. The Morgan fingerprint density at radius 1 is 0.533 bits per heavy atom. The zero-order chi connectivity index (χ0) is 79.2. The molecule has 0 saturated carbocycles. The molecule has 4 N–H and O–H groups in total. The Labute approximate surface area is 684 Å². The summed E-state index contributed by atoms with van der Waals surface area (Å²) in [4.78, 5) is 115. The van der Waals surface area contributed by atoms with Crippen molar-refractivity contribution in [3.05, 3.63) is 69.2 Å². The number of halogens is 5. The Bertz CT molecular complexity index is 3760. The van der Waals surface area contributed by atoms with Gasteiger partial charge in [0, 0.05) is 57.9 Å². The molecule has 2 amide bonds. The van der Waals surface area contributed by atoms with Gasteiger partial charge in [0.05, 0.1) is 145 Å². The van der Waals surface area contributed by atoms with Gasteiger partial charge in [-0.15, -0.1) is 0 Å². The van der Waals surface area contributed by atoms with Crippen LogP contribution in [0.4, 0.5) is 4.79 Å². The molecule has 15 rings (SSSR count). The molecule has 0 unspecified atom stereocenters. The topological polar surface area (TPSA) is 441 Å². The highest BCUT2D eigenvalue weighted by Crippen LogP contribution is 2.41. The molecule has 0 bridgehead atoms. The maximum Gasteiger partial charge on any atom is 0.408 e. The van der Waals surface area contributed by atoms with Crippen LogP contribution in [0.5, 0.6) is 5.75 Å². The molecule has 5 aromatic heterocycles. The second-order valence-corrected chi connectivity index (χ2v) is 31.1. The van der Waals surface area contributed by atoms with E-state index >= 15 is 0 Å². The van der Waals surface area contributed by atoms with E-state index in [-0.39, 0.29) is 61.4 Å². The number of nitrogens with zero attached hydrogens (tertiary/aromatic N) is 10. The number of aliphatic hydroxyl groups is 1. The van der Waals surface area contributed by atoms with E-state index in [2.05, 4.69) is 198 Å². The maximum absolute atomic E-state index is 12.0. The lowest BCUT2D eigenvalue weighted by Crippen LogP contribution is -2.47. The van der Waals surface area contributed by atoms with Crippen molar-refractivity contribution in [2.75, 3.05) is 79.3 Å². The predicted molar refractivity (Wildman–Crippen MR) is 407 cm³/mol. The predicted octanol–water partition coefficient (Wildman–Crippen LogP) is 5.34. The summed E-state index contributed by atoms with van der Waals surface area (Å²) < 4.78 is 58.2. The molecule has 10 aliphatic rings. The first-order valence-corrected chi connectivity index (χ1v) is 39.7. The van der Waals surface area contributed by atoms with Crippen molar-refractivity contribution < 1.29 is 105 Å². The third-order valence-electron chi connectivity index (χ3n) is 18.7. The van der Waals surface area contributed by atoms with Gasteiger partial charge >= 0.3 is 36.9 Å². The van der Waals surface area contributed by atoms with Gasteiger partial charge in [0.15, 0.2) is 9.45 Å². The van der Waals surface area contributed by atoms with E-state index in [9.17, 15) is 19.5 Å². The fraction of sp³-hybridized carbons (Fsp3) is 0.657. The number of ether oxygens (including phenoxy) is 8. The van der Waals surface area contributed by atoms with Gasteiger partial charge in [-0.25, -0.2) is 4.79 Å². The smallest absolute Gasteiger partial charge is 0.408 e. The number of amides is 2. The summed E-state index contributed by atoms with van der Waals surface area (Å²) in [5.74, 6) is 2.45. The van der Waals surface area contributed by atoms with Crippen LogP contribution in [-0.4, -0.2) is 212 Å². The van der Waals surface area contributed by atoms with E-state index in [1.54, 1.807) is 20.8 Å². The molecular weight excluding hydrogens is 1970 g/mol. The second kappa shape index (κ2) is 46.4. The number of rotatable bonds is 9. The van der Waals surface area contributed by atoms with Crippen molar-refractivity contribution in [1.82, 2.24) is 64.9 Å². The Hall–Kier alpha value is -5.51. The molecule has 10 aliphatic heterocycles. The van der Waals surface area contributed by atoms with Gasteiger partial charge < -0.3 is 59.0 Å². The molecule has 0 radical (unpaired) electrons. The van der Waals surface area contributed by atoms with Crippen LogP contribution in [0.15, 0.2) is 0 Å². The lowest BCUT2D eigenvalue weighted by molar-refractivity contribution is -0.193. The Morgan fingerprint density at radius 3 is 1.45 bits per heavy atom. The van der Waals surface area contributed by atoms with E-state index in [1.807, 2.05) is 16.3 Å². The number of nitrogens with one attached hydrogen (secondary N) is 3. The standard InChI is InChI=1S/C12H19IN2O.C11H15IN2O.C10H12IN3O2.C10H14IN3O.C10H11IN2O3.C9H17NO4.5CO2/c1-4-9-10(5-2)15(14-12(9)13)11-7-16-6-8(11)3;1-2-8-9-4-3-7-5-15-6-10(7)14(9)13-11(8)12;1-2-5-8-10(15)12-6-3-16-4-7(6)14(8)13-9(5)11;1-2-6-8-3-12-7-4-15-5-9(7)14(8)13-10(6)11;11-10-9(16-5-14)7-2-1-6-3-15-4-8(6)13(7)12-10;1-9(2,3)14-8(12)10-6-4-13-5-7(6)11;5*2-1-3/h8,11H,4-7H2,1-3H3;7,10H,2-6H2,1H3;6-7H,2-4H2,1H3,(H,12,15);7,9,12H,2-5H2,1H3;5-6,8H,1-4H2;6-7,11H,4-5H2,1-3H3,(H,10,12);;;;;/t8-,11+;7-,10+;6-,7+;7-,9+;6-,8+;6-,7-;;;;;/m111110...../s1. The highest BCUT2D eigenvalue weighted by Gasteiger charge is 2.43. The van der Waals surface area contributed by atoms with Gasteiger partial charge in [-0.2, -0.15) is 73.4 Å². The Morgan fingerprint density at radius 2 is 0.953 bits per heavy atom. The van der Waals surface area contributed by atoms with Crippen molar-refractivity contribution in [2.45, 2.75) is 187 Å². The van der Waals surface area contributed by atoms with E-state index in [0.29, 0.717) is 80.0 Å². The highest BCUT2D eigenvalue weighted by atomic mass is 127. The van der Waals surface area contributed by atoms with Gasteiger partial charge in [-0.1, -0.05) is 41.5 Å². The van der Waals surface area contributed by atoms with E-state index in [4.69, 9.17) is 90.9 Å². The highest BCUT2D eigenvalue weighted by molar-refractivity contribution is 14.1. The number of carbonyl (C=O) groups excluding carboxylic acids is 13. The van der Waals surface area contributed by atoms with Crippen LogP contribution < -0.4 is 20.7 Å². The minimum atomic E-state index is -0.637. The van der Waals surface area contributed by atoms with Crippen molar-refractivity contribution in [3.63, 3.8) is 0 Å². The average Bonchev–Trinajstić information content (AvgIpc) is 1.63. The van der Waals surface area contributed by atoms with E-state index < -0.39 is 17.8 Å². The molecule has 107 heavy (non-hydrogen) atoms. The first-order chi connectivity index (χ1) is 51.3. The van der Waals surface area contributed by atoms with Crippen LogP contribution in [0, 0.1) is 36.3 Å². The maximum atomic E-state index is 12.0. The number of alkyl carbamates (subject to hydrolysis) is 1. The van der Waals surface area contributed by atoms with Crippen LogP contribution in [0.3, 0.4) is 0 Å². The molecule has 588 valence electrons. The normalized spacial score (nSPS) is 24.0.